The van der Waals surface area contributed by atoms with Gasteiger partial charge in [-0.05, 0) is 6.07 Å². The topological polar surface area (TPSA) is 152 Å². The van der Waals surface area contributed by atoms with Crippen LogP contribution in [0.4, 0.5) is 0 Å². The van der Waals surface area contributed by atoms with E-state index in [1.807, 2.05) is 0 Å². The molecule has 1 aromatic carbocycles. The van der Waals surface area contributed by atoms with Gasteiger partial charge in [0.25, 0.3) is 16.0 Å². The lowest BCUT2D eigenvalue weighted by Crippen LogP contribution is -2.57. The van der Waals surface area contributed by atoms with Gasteiger partial charge in [-0.2, -0.15) is 16.8 Å². The third kappa shape index (κ3) is 2.95. The van der Waals surface area contributed by atoms with Gasteiger partial charge in [0.15, 0.2) is 5.78 Å². The van der Waals surface area contributed by atoms with Crippen molar-refractivity contribution in [2.24, 2.45) is 5.14 Å². The number of fused-ring (bicyclic) bond motifs is 1. The van der Waals surface area contributed by atoms with Crippen LogP contribution in [0.15, 0.2) is 24.3 Å². The molecule has 0 saturated heterocycles. The summed E-state index contributed by atoms with van der Waals surface area (Å²) in [5, 5.41) is 4.88. The fourth-order valence-corrected chi connectivity index (χ4v) is 3.71. The molecule has 3 N–H and O–H groups in total. The first kappa shape index (κ1) is 15.6. The van der Waals surface area contributed by atoms with Crippen molar-refractivity contribution in [2.45, 2.75) is 6.04 Å². The number of hydrogen-bond donors (Lipinski definition) is 2. The summed E-state index contributed by atoms with van der Waals surface area (Å²) in [5.74, 6) is -3.32. The summed E-state index contributed by atoms with van der Waals surface area (Å²) in [6.45, 7) is 0. The third-order valence-corrected chi connectivity index (χ3v) is 4.56. The highest BCUT2D eigenvalue weighted by atomic mass is 32.2. The number of carbonyl (C=O) groups excluding carboxylic acids is 2. The zero-order valence-electron chi connectivity index (χ0n) is 10.3. The monoisotopic (exact) mass is 334 g/mol. The lowest BCUT2D eigenvalue weighted by molar-refractivity contribution is 0.0724. The number of rotatable bonds is 3. The average Bonchev–Trinajstić information content (AvgIpc) is 2.32. The second kappa shape index (κ2) is 4.87. The van der Waals surface area contributed by atoms with Crippen LogP contribution in [0.1, 0.15) is 20.7 Å². The van der Waals surface area contributed by atoms with Gasteiger partial charge in [0, 0.05) is 5.56 Å². The van der Waals surface area contributed by atoms with Gasteiger partial charge in [0.1, 0.15) is 11.8 Å². The predicted molar refractivity (Wildman–Crippen MR) is 70.3 cm³/mol. The van der Waals surface area contributed by atoms with E-state index in [4.69, 9.17) is 9.69 Å². The molecule has 11 heteroatoms. The number of amides is 1. The number of ketones is 1. The number of nitrogens with zero attached hydrogens (tertiary/aromatic N) is 1. The molecule has 9 nitrogen and oxygen atoms in total. The highest BCUT2D eigenvalue weighted by molar-refractivity contribution is 7.87. The summed E-state index contributed by atoms with van der Waals surface area (Å²) in [5.41, 5.74) is -0.334. The minimum atomic E-state index is -4.71. The number of Topliss-reactive ketones (excluding diaryl/α,β-unsaturated/α-hetero) is 1. The summed E-state index contributed by atoms with van der Waals surface area (Å²) in [7, 11) is -9.40. The van der Waals surface area contributed by atoms with Gasteiger partial charge in [-0.3, -0.25) is 14.1 Å². The standard InChI is InChI=1S/C10H10N2O7S2/c11-21(18,19)12-8(5-20(15,16)17)9(13)6-3-1-2-4-7(6)10(12)14/h1-4,8H,5H2,(H2,11,18,19)(H,15,16,17). The molecule has 0 saturated carbocycles. The van der Waals surface area contributed by atoms with Crippen LogP contribution in [0, 0.1) is 0 Å². The van der Waals surface area contributed by atoms with Gasteiger partial charge in [-0.1, -0.05) is 18.2 Å². The zero-order valence-corrected chi connectivity index (χ0v) is 12.0. The van der Waals surface area contributed by atoms with E-state index in [1.54, 1.807) is 0 Å². The highest BCUT2D eigenvalue weighted by Gasteiger charge is 2.45. The Morgan fingerprint density at radius 2 is 1.62 bits per heavy atom. The van der Waals surface area contributed by atoms with Gasteiger partial charge >= 0.3 is 10.2 Å². The van der Waals surface area contributed by atoms with E-state index in [0.717, 1.165) is 0 Å². The molecule has 0 aromatic heterocycles. The average molecular weight is 334 g/mol. The van der Waals surface area contributed by atoms with E-state index in [1.165, 1.54) is 24.3 Å². The summed E-state index contributed by atoms with van der Waals surface area (Å²) >= 11 is 0. The Kier molecular flexibility index (Phi) is 3.61. The van der Waals surface area contributed by atoms with Crippen molar-refractivity contribution in [1.82, 2.24) is 4.31 Å². The second-order valence-corrected chi connectivity index (χ2v) is 7.24. The molecule has 1 amide bonds. The van der Waals surface area contributed by atoms with Crippen LogP contribution in [0.2, 0.25) is 0 Å². The highest BCUT2D eigenvalue weighted by Crippen LogP contribution is 2.25. The maximum absolute atomic E-state index is 12.2. The molecule has 0 fully saturated rings. The Bertz CT molecular complexity index is 829. The molecule has 114 valence electrons. The molecule has 0 bridgehead atoms. The van der Waals surface area contributed by atoms with Crippen LogP contribution in [0.5, 0.6) is 0 Å². The molecule has 0 spiro atoms. The van der Waals surface area contributed by atoms with E-state index in [2.05, 4.69) is 0 Å². The van der Waals surface area contributed by atoms with Crippen LogP contribution in [0.25, 0.3) is 0 Å². The van der Waals surface area contributed by atoms with E-state index in [0.29, 0.717) is 0 Å². The third-order valence-electron chi connectivity index (χ3n) is 2.85. The van der Waals surface area contributed by atoms with E-state index < -0.39 is 43.8 Å². The minimum absolute atomic E-state index is 0.0224. The van der Waals surface area contributed by atoms with Gasteiger partial charge in [0.05, 0.1) is 5.56 Å². The maximum atomic E-state index is 12.2. The fraction of sp³-hybridized carbons (Fsp3) is 0.200. The van der Waals surface area contributed by atoms with Crippen LogP contribution in [0.3, 0.4) is 0 Å². The van der Waals surface area contributed by atoms with Crippen molar-refractivity contribution in [2.75, 3.05) is 5.75 Å². The van der Waals surface area contributed by atoms with Crippen molar-refractivity contribution in [3.63, 3.8) is 0 Å². The summed E-state index contributed by atoms with van der Waals surface area (Å²) in [6, 6.07) is 3.39. The molecule has 0 radical (unpaired) electrons. The largest absolute Gasteiger partial charge is 0.302 e. The smallest absolute Gasteiger partial charge is 0.292 e. The van der Waals surface area contributed by atoms with Gasteiger partial charge in [0.2, 0.25) is 0 Å². The van der Waals surface area contributed by atoms with Crippen LogP contribution < -0.4 is 5.14 Å². The first-order valence-corrected chi connectivity index (χ1v) is 8.58. The molecular formula is C10H10N2O7S2. The van der Waals surface area contributed by atoms with Crippen molar-refractivity contribution < 1.29 is 31.0 Å². The summed E-state index contributed by atoms with van der Waals surface area (Å²) < 4.78 is 53.8. The Labute approximate surface area is 120 Å². The molecule has 1 aliphatic heterocycles. The number of benzene rings is 1. The molecule has 1 heterocycles. The molecule has 1 aromatic rings. The maximum Gasteiger partial charge on any atom is 0.302 e. The molecule has 1 aliphatic rings. The molecule has 2 rings (SSSR count). The van der Waals surface area contributed by atoms with Gasteiger partial charge in [-0.25, -0.2) is 9.44 Å². The van der Waals surface area contributed by atoms with Crippen LogP contribution >= 0.6 is 0 Å². The molecule has 1 unspecified atom stereocenters. The molecule has 0 aliphatic carbocycles. The molecule has 1 atom stereocenters. The van der Waals surface area contributed by atoms with E-state index >= 15 is 0 Å². The van der Waals surface area contributed by atoms with Crippen molar-refractivity contribution in [3.8, 4) is 0 Å². The van der Waals surface area contributed by atoms with Crippen molar-refractivity contribution >= 4 is 32.0 Å². The lowest BCUT2D eigenvalue weighted by atomic mass is 9.95. The number of carbonyl (C=O) groups is 2. The Morgan fingerprint density at radius 3 is 2.10 bits per heavy atom. The first-order chi connectivity index (χ1) is 9.52. The fourth-order valence-electron chi connectivity index (χ4n) is 2.07. The van der Waals surface area contributed by atoms with Crippen LogP contribution in [-0.4, -0.2) is 49.2 Å². The second-order valence-electron chi connectivity index (χ2n) is 4.32. The summed E-state index contributed by atoms with van der Waals surface area (Å²) in [6.07, 6.45) is 0. The quantitative estimate of drug-likeness (QED) is 0.657. The number of nitrogens with two attached hydrogens (primary N) is 1. The summed E-state index contributed by atoms with van der Waals surface area (Å²) in [4.78, 5) is 24.4. The Hall–Kier alpha value is -1.82. The zero-order chi connectivity index (χ0) is 16.0. The molecule has 21 heavy (non-hydrogen) atoms. The van der Waals surface area contributed by atoms with Crippen LogP contribution in [-0.2, 0) is 20.3 Å². The predicted octanol–water partition coefficient (Wildman–Crippen LogP) is -1.21. The lowest BCUT2D eigenvalue weighted by Gasteiger charge is -2.32. The first-order valence-electron chi connectivity index (χ1n) is 5.47. The van der Waals surface area contributed by atoms with Gasteiger partial charge in [-0.15, -0.1) is 0 Å². The SMILES string of the molecule is NS(=O)(=O)N1C(=O)c2ccccc2C(=O)C1CS(=O)(=O)O. The van der Waals surface area contributed by atoms with Gasteiger partial charge < -0.3 is 0 Å². The van der Waals surface area contributed by atoms with E-state index in [9.17, 15) is 26.4 Å². The minimum Gasteiger partial charge on any atom is -0.292 e. The van der Waals surface area contributed by atoms with E-state index in [-0.39, 0.29) is 15.4 Å². The normalized spacial score (nSPS) is 19.5. The Balaban J connectivity index is 2.68. The number of hydrogen-bond acceptors (Lipinski definition) is 6. The molecular weight excluding hydrogens is 324 g/mol. The van der Waals surface area contributed by atoms with Crippen molar-refractivity contribution in [3.05, 3.63) is 35.4 Å². The Morgan fingerprint density at radius 1 is 1.10 bits per heavy atom. The van der Waals surface area contributed by atoms with Crippen molar-refractivity contribution in [1.29, 1.82) is 0 Å².